The predicted octanol–water partition coefficient (Wildman–Crippen LogP) is 2.60. The van der Waals surface area contributed by atoms with Crippen molar-refractivity contribution in [2.75, 3.05) is 43.7 Å². The Kier molecular flexibility index (Phi) is 6.43. The second-order valence-electron chi connectivity index (χ2n) is 7.01. The fraction of sp³-hybridized carbons (Fsp3) is 0.217. The fourth-order valence-corrected chi connectivity index (χ4v) is 3.42. The van der Waals surface area contributed by atoms with E-state index in [1.165, 1.54) is 0 Å². The number of hydrogen-bond acceptors (Lipinski definition) is 8. The van der Waals surface area contributed by atoms with Gasteiger partial charge in [0.05, 0.1) is 32.2 Å². The van der Waals surface area contributed by atoms with Crippen LogP contribution >= 0.6 is 0 Å². The lowest BCUT2D eigenvalue weighted by atomic mass is 10.1. The molecule has 162 valence electrons. The van der Waals surface area contributed by atoms with Gasteiger partial charge in [0.15, 0.2) is 0 Å². The molecule has 0 amide bonds. The number of benzene rings is 2. The van der Waals surface area contributed by atoms with Crippen LogP contribution in [0.1, 0.15) is 11.1 Å². The number of rotatable bonds is 6. The number of aromatic amines is 1. The van der Waals surface area contributed by atoms with Crippen LogP contribution < -0.4 is 20.6 Å². The molecule has 0 spiro atoms. The van der Waals surface area contributed by atoms with E-state index in [2.05, 4.69) is 25.4 Å². The molecule has 1 aromatic heterocycles. The maximum atomic E-state index is 12.3. The lowest BCUT2D eigenvalue weighted by molar-refractivity contribution is 0.122. The van der Waals surface area contributed by atoms with Crippen LogP contribution in [0.2, 0.25) is 0 Å². The van der Waals surface area contributed by atoms with Gasteiger partial charge in [-0.3, -0.25) is 9.78 Å². The molecule has 4 rings (SSSR count). The van der Waals surface area contributed by atoms with Crippen molar-refractivity contribution in [1.29, 1.82) is 5.26 Å². The monoisotopic (exact) mass is 430 g/mol. The van der Waals surface area contributed by atoms with Crippen LogP contribution in [0.15, 0.2) is 58.4 Å². The second kappa shape index (κ2) is 9.76. The summed E-state index contributed by atoms with van der Waals surface area (Å²) in [6, 6.07) is 16.9. The Morgan fingerprint density at radius 2 is 2.03 bits per heavy atom. The Balaban J connectivity index is 1.56. The molecule has 0 atom stereocenters. The minimum absolute atomic E-state index is 0.0499. The number of hydrogen-bond donors (Lipinski definition) is 2. The number of methoxy groups -OCH3 is 1. The summed E-state index contributed by atoms with van der Waals surface area (Å²) in [5.41, 5.74) is 4.93. The third-order valence-electron chi connectivity index (χ3n) is 5.05. The summed E-state index contributed by atoms with van der Waals surface area (Å²) in [6.07, 6.45) is 1.59. The van der Waals surface area contributed by atoms with Gasteiger partial charge in [-0.25, -0.2) is 10.4 Å². The number of ether oxygens (including phenoxy) is 2. The highest BCUT2D eigenvalue weighted by Gasteiger charge is 2.14. The molecule has 1 fully saturated rings. The molecule has 0 aliphatic carbocycles. The third-order valence-corrected chi connectivity index (χ3v) is 5.05. The maximum absolute atomic E-state index is 12.3. The molecule has 9 heteroatoms. The SMILES string of the molecule is COc1cc(N2CCOCC2)ccc1C=NNc1nc(-c2ccccc2)c(C#N)c(=O)[nH]1. The highest BCUT2D eigenvalue weighted by atomic mass is 16.5. The summed E-state index contributed by atoms with van der Waals surface area (Å²) in [5.74, 6) is 0.804. The van der Waals surface area contributed by atoms with Gasteiger partial charge in [-0.05, 0) is 12.1 Å². The molecule has 32 heavy (non-hydrogen) atoms. The molecule has 1 saturated heterocycles. The number of nitrogens with zero attached hydrogens (tertiary/aromatic N) is 4. The van der Waals surface area contributed by atoms with Crippen LogP contribution in [0.3, 0.4) is 0 Å². The normalized spacial score (nSPS) is 13.7. The van der Waals surface area contributed by atoms with E-state index in [0.29, 0.717) is 30.2 Å². The van der Waals surface area contributed by atoms with E-state index in [-0.39, 0.29) is 11.5 Å². The van der Waals surface area contributed by atoms with Gasteiger partial charge in [0, 0.05) is 36.0 Å². The van der Waals surface area contributed by atoms with Gasteiger partial charge in [-0.1, -0.05) is 30.3 Å². The van der Waals surface area contributed by atoms with Gasteiger partial charge >= 0.3 is 0 Å². The van der Waals surface area contributed by atoms with E-state index in [9.17, 15) is 10.1 Å². The highest BCUT2D eigenvalue weighted by Crippen LogP contribution is 2.25. The van der Waals surface area contributed by atoms with Crippen molar-refractivity contribution in [2.45, 2.75) is 0 Å². The van der Waals surface area contributed by atoms with Crippen molar-refractivity contribution in [3.63, 3.8) is 0 Å². The molecule has 0 saturated carbocycles. The molecule has 9 nitrogen and oxygen atoms in total. The number of anilines is 2. The van der Waals surface area contributed by atoms with Crippen LogP contribution in [0, 0.1) is 11.3 Å². The molecule has 0 unspecified atom stereocenters. The number of hydrazone groups is 1. The van der Waals surface area contributed by atoms with Crippen LogP contribution in [-0.4, -0.2) is 49.6 Å². The van der Waals surface area contributed by atoms with Crippen molar-refractivity contribution < 1.29 is 9.47 Å². The lowest BCUT2D eigenvalue weighted by Crippen LogP contribution is -2.36. The van der Waals surface area contributed by atoms with E-state index in [1.807, 2.05) is 42.5 Å². The minimum atomic E-state index is -0.536. The Bertz CT molecular complexity index is 1210. The quantitative estimate of drug-likeness (QED) is 0.456. The first-order chi connectivity index (χ1) is 15.7. The summed E-state index contributed by atoms with van der Waals surface area (Å²) in [5, 5.41) is 13.6. The zero-order valence-corrected chi connectivity index (χ0v) is 17.5. The molecule has 3 aromatic rings. The van der Waals surface area contributed by atoms with Crippen LogP contribution in [0.4, 0.5) is 11.6 Å². The van der Waals surface area contributed by atoms with Crippen molar-refractivity contribution >= 4 is 17.9 Å². The Labute approximate surface area is 184 Å². The summed E-state index contributed by atoms with van der Waals surface area (Å²) >= 11 is 0. The van der Waals surface area contributed by atoms with Crippen LogP contribution in [0.25, 0.3) is 11.3 Å². The van der Waals surface area contributed by atoms with E-state index in [1.54, 1.807) is 25.5 Å². The maximum Gasteiger partial charge on any atom is 0.270 e. The van der Waals surface area contributed by atoms with Crippen LogP contribution in [-0.2, 0) is 4.74 Å². The van der Waals surface area contributed by atoms with Gasteiger partial charge in [0.1, 0.15) is 17.4 Å². The molecule has 2 aromatic carbocycles. The largest absolute Gasteiger partial charge is 0.496 e. The number of aromatic nitrogens is 2. The van der Waals surface area contributed by atoms with E-state index in [0.717, 1.165) is 24.3 Å². The van der Waals surface area contributed by atoms with Crippen LogP contribution in [0.5, 0.6) is 5.75 Å². The molecule has 0 radical (unpaired) electrons. The first-order valence-corrected chi connectivity index (χ1v) is 10.1. The Morgan fingerprint density at radius 1 is 1.25 bits per heavy atom. The smallest absolute Gasteiger partial charge is 0.270 e. The second-order valence-corrected chi connectivity index (χ2v) is 7.01. The first kappa shape index (κ1) is 21.1. The van der Waals surface area contributed by atoms with Gasteiger partial charge in [-0.2, -0.15) is 10.4 Å². The number of nitrogens with one attached hydrogen (secondary N) is 2. The molecule has 1 aliphatic heterocycles. The van der Waals surface area contributed by atoms with E-state index in [4.69, 9.17) is 9.47 Å². The van der Waals surface area contributed by atoms with E-state index >= 15 is 0 Å². The molecule has 2 heterocycles. The average molecular weight is 430 g/mol. The highest BCUT2D eigenvalue weighted by molar-refractivity contribution is 5.85. The number of nitriles is 1. The lowest BCUT2D eigenvalue weighted by Gasteiger charge is -2.29. The summed E-state index contributed by atoms with van der Waals surface area (Å²) in [4.78, 5) is 21.5. The van der Waals surface area contributed by atoms with Crippen molar-refractivity contribution in [1.82, 2.24) is 9.97 Å². The molecule has 0 bridgehead atoms. The zero-order chi connectivity index (χ0) is 22.3. The fourth-order valence-electron chi connectivity index (χ4n) is 3.42. The summed E-state index contributed by atoms with van der Waals surface area (Å²) in [6.45, 7) is 3.08. The minimum Gasteiger partial charge on any atom is -0.496 e. The van der Waals surface area contributed by atoms with Gasteiger partial charge in [-0.15, -0.1) is 0 Å². The third kappa shape index (κ3) is 4.61. The Morgan fingerprint density at radius 3 is 2.75 bits per heavy atom. The average Bonchev–Trinajstić information content (AvgIpc) is 2.85. The van der Waals surface area contributed by atoms with Gasteiger partial charge in [0.2, 0.25) is 5.95 Å². The predicted molar refractivity (Wildman–Crippen MR) is 122 cm³/mol. The summed E-state index contributed by atoms with van der Waals surface area (Å²) in [7, 11) is 1.61. The van der Waals surface area contributed by atoms with Crippen molar-refractivity contribution in [2.24, 2.45) is 5.10 Å². The Hall–Kier alpha value is -4.16. The van der Waals surface area contributed by atoms with Gasteiger partial charge < -0.3 is 14.4 Å². The molecular formula is C23H22N6O3. The molecule has 1 aliphatic rings. The van der Waals surface area contributed by atoms with Crippen molar-refractivity contribution in [3.05, 3.63) is 70.0 Å². The molecular weight excluding hydrogens is 408 g/mol. The standard InChI is InChI=1S/C23H22N6O3/c1-31-20-13-18(29-9-11-32-12-10-29)8-7-17(20)15-25-28-23-26-21(16-5-3-2-4-6-16)19(14-24)22(30)27-23/h2-8,13,15H,9-12H2,1H3,(H2,26,27,28,30). The first-order valence-electron chi connectivity index (χ1n) is 10.1. The number of H-pyrrole nitrogens is 1. The van der Waals surface area contributed by atoms with E-state index < -0.39 is 5.56 Å². The zero-order valence-electron chi connectivity index (χ0n) is 17.5. The topological polar surface area (TPSA) is 116 Å². The number of morpholine rings is 1. The molecule has 2 N–H and O–H groups in total. The summed E-state index contributed by atoms with van der Waals surface area (Å²) < 4.78 is 10.9. The van der Waals surface area contributed by atoms with Crippen molar-refractivity contribution in [3.8, 4) is 23.1 Å². The van der Waals surface area contributed by atoms with Gasteiger partial charge in [0.25, 0.3) is 5.56 Å².